The third-order valence-corrected chi connectivity index (χ3v) is 2.56. The number of nitrogens with one attached hydrogen (secondary N) is 1. The van der Waals surface area contributed by atoms with Gasteiger partial charge < -0.3 is 19.9 Å². The van der Waals surface area contributed by atoms with Gasteiger partial charge in [-0.1, -0.05) is 12.1 Å². The Kier molecular flexibility index (Phi) is 6.52. The predicted octanol–water partition coefficient (Wildman–Crippen LogP) is 0.278. The molecule has 2 N–H and O–H groups in total. The molecule has 0 aliphatic rings. The summed E-state index contributed by atoms with van der Waals surface area (Å²) in [6, 6.07) is 7.16. The van der Waals surface area contributed by atoms with Gasteiger partial charge in [0, 0.05) is 0 Å². The Morgan fingerprint density at radius 3 is 2.50 bits per heavy atom. The third kappa shape index (κ3) is 5.27. The van der Waals surface area contributed by atoms with Crippen LogP contribution in [0.3, 0.4) is 0 Å². The fourth-order valence-corrected chi connectivity index (χ4v) is 1.55. The fourth-order valence-electron chi connectivity index (χ4n) is 1.55. The van der Waals surface area contributed by atoms with Gasteiger partial charge in [-0.25, -0.2) is 4.79 Å². The molecule has 0 fully saturated rings. The minimum absolute atomic E-state index is 0.164. The van der Waals surface area contributed by atoms with Crippen LogP contribution in [0.15, 0.2) is 24.3 Å². The van der Waals surface area contributed by atoms with Crippen LogP contribution in [0.1, 0.15) is 12.5 Å². The molecule has 0 spiro atoms. The zero-order valence-corrected chi connectivity index (χ0v) is 11.6. The lowest BCUT2D eigenvalue weighted by atomic mass is 10.1. The molecule has 0 radical (unpaired) electrons. The molecule has 0 aliphatic heterocycles. The van der Waals surface area contributed by atoms with Crippen LogP contribution in [0.4, 0.5) is 0 Å². The van der Waals surface area contributed by atoms with Crippen molar-refractivity contribution in [1.82, 2.24) is 5.32 Å². The van der Waals surface area contributed by atoms with E-state index in [9.17, 15) is 14.7 Å². The lowest BCUT2D eigenvalue weighted by Crippen LogP contribution is -2.37. The first-order chi connectivity index (χ1) is 9.56. The van der Waals surface area contributed by atoms with E-state index in [1.54, 1.807) is 24.3 Å². The number of esters is 1. The van der Waals surface area contributed by atoms with E-state index in [0.29, 0.717) is 6.61 Å². The lowest BCUT2D eigenvalue weighted by Gasteiger charge is -2.10. The fraction of sp³-hybridized carbons (Fsp3) is 0.429. The van der Waals surface area contributed by atoms with Crippen molar-refractivity contribution in [3.05, 3.63) is 29.8 Å². The molecule has 20 heavy (non-hydrogen) atoms. The first-order valence-corrected chi connectivity index (χ1v) is 6.31. The molecule has 0 aliphatic carbocycles. The number of hydrogen-bond donors (Lipinski definition) is 2. The molecular weight excluding hydrogens is 262 g/mol. The Bertz CT molecular complexity index is 443. The summed E-state index contributed by atoms with van der Waals surface area (Å²) in [7, 11) is 1.17. The van der Waals surface area contributed by atoms with Crippen LogP contribution in [0, 0.1) is 0 Å². The number of carbonyl (C=O) groups is 2. The van der Waals surface area contributed by atoms with Crippen molar-refractivity contribution in [1.29, 1.82) is 0 Å². The number of amides is 1. The number of rotatable bonds is 7. The summed E-state index contributed by atoms with van der Waals surface area (Å²) in [6.07, 6.45) is -1.18. The van der Waals surface area contributed by atoms with Gasteiger partial charge in [-0.3, -0.25) is 4.79 Å². The molecule has 0 saturated carbocycles. The van der Waals surface area contributed by atoms with Crippen LogP contribution in [0.2, 0.25) is 0 Å². The summed E-state index contributed by atoms with van der Waals surface area (Å²) >= 11 is 0. The van der Waals surface area contributed by atoms with E-state index in [2.05, 4.69) is 10.1 Å². The first-order valence-electron chi connectivity index (χ1n) is 6.31. The number of ether oxygens (including phenoxy) is 2. The highest BCUT2D eigenvalue weighted by Crippen LogP contribution is 2.12. The van der Waals surface area contributed by atoms with Crippen molar-refractivity contribution in [2.75, 3.05) is 20.3 Å². The average molecular weight is 281 g/mol. The zero-order chi connectivity index (χ0) is 15.0. The van der Waals surface area contributed by atoms with Gasteiger partial charge in [-0.05, 0) is 24.6 Å². The smallest absolute Gasteiger partial charge is 0.336 e. The van der Waals surface area contributed by atoms with Crippen molar-refractivity contribution in [3.63, 3.8) is 0 Å². The Morgan fingerprint density at radius 2 is 1.95 bits per heavy atom. The summed E-state index contributed by atoms with van der Waals surface area (Å²) in [6.45, 7) is 2.32. The van der Waals surface area contributed by atoms with Gasteiger partial charge in [0.25, 0.3) is 0 Å². The summed E-state index contributed by atoms with van der Waals surface area (Å²) in [4.78, 5) is 22.6. The summed E-state index contributed by atoms with van der Waals surface area (Å²) < 4.78 is 9.64. The SMILES string of the molecule is CCOc1ccc(CC(=O)NCC(O)C(=O)OC)cc1. The van der Waals surface area contributed by atoms with Crippen LogP contribution in [-0.2, 0) is 20.7 Å². The van der Waals surface area contributed by atoms with Crippen LogP contribution >= 0.6 is 0 Å². The van der Waals surface area contributed by atoms with Crippen molar-refractivity contribution >= 4 is 11.9 Å². The topological polar surface area (TPSA) is 84.9 Å². The molecule has 1 aromatic rings. The quantitative estimate of drug-likeness (QED) is 0.701. The van der Waals surface area contributed by atoms with Crippen LogP contribution in [-0.4, -0.2) is 43.3 Å². The highest BCUT2D eigenvalue weighted by atomic mass is 16.5. The van der Waals surface area contributed by atoms with Gasteiger partial charge in [-0.2, -0.15) is 0 Å². The third-order valence-electron chi connectivity index (χ3n) is 2.56. The Labute approximate surface area is 117 Å². The number of hydrogen-bond acceptors (Lipinski definition) is 5. The molecule has 0 heterocycles. The standard InChI is InChI=1S/C14H19NO5/c1-3-20-11-6-4-10(5-7-11)8-13(17)15-9-12(16)14(18)19-2/h4-7,12,16H,3,8-9H2,1-2H3,(H,15,17). The zero-order valence-electron chi connectivity index (χ0n) is 11.6. The molecule has 6 nitrogen and oxygen atoms in total. The van der Waals surface area contributed by atoms with Crippen LogP contribution < -0.4 is 10.1 Å². The molecule has 1 amide bonds. The number of methoxy groups -OCH3 is 1. The van der Waals surface area contributed by atoms with E-state index >= 15 is 0 Å². The minimum atomic E-state index is -1.34. The van der Waals surface area contributed by atoms with E-state index in [4.69, 9.17) is 4.74 Å². The average Bonchev–Trinajstić information content (AvgIpc) is 2.46. The molecule has 0 bridgehead atoms. The second-order valence-corrected chi connectivity index (χ2v) is 4.10. The maximum absolute atomic E-state index is 11.6. The number of carbonyl (C=O) groups excluding carboxylic acids is 2. The highest BCUT2D eigenvalue weighted by molar-refractivity contribution is 5.80. The van der Waals surface area contributed by atoms with E-state index in [1.165, 1.54) is 7.11 Å². The van der Waals surface area contributed by atoms with Crippen LogP contribution in [0.5, 0.6) is 5.75 Å². The van der Waals surface area contributed by atoms with Crippen molar-refractivity contribution in [2.45, 2.75) is 19.4 Å². The summed E-state index contributed by atoms with van der Waals surface area (Å²) in [5, 5.41) is 11.8. The molecule has 6 heteroatoms. The number of aliphatic hydroxyl groups is 1. The van der Waals surface area contributed by atoms with E-state index in [-0.39, 0.29) is 18.9 Å². The molecule has 1 aromatic carbocycles. The molecule has 110 valence electrons. The maximum atomic E-state index is 11.6. The molecular formula is C14H19NO5. The Morgan fingerprint density at radius 1 is 1.30 bits per heavy atom. The lowest BCUT2D eigenvalue weighted by molar-refractivity contribution is -0.150. The van der Waals surface area contributed by atoms with Gasteiger partial charge in [0.1, 0.15) is 5.75 Å². The Hall–Kier alpha value is -2.08. The van der Waals surface area contributed by atoms with Gasteiger partial charge in [-0.15, -0.1) is 0 Å². The molecule has 1 atom stereocenters. The predicted molar refractivity (Wildman–Crippen MR) is 72.3 cm³/mol. The monoisotopic (exact) mass is 281 g/mol. The molecule has 1 rings (SSSR count). The largest absolute Gasteiger partial charge is 0.494 e. The normalized spacial score (nSPS) is 11.6. The highest BCUT2D eigenvalue weighted by Gasteiger charge is 2.16. The number of benzene rings is 1. The first kappa shape index (κ1) is 16.0. The Balaban J connectivity index is 2.40. The maximum Gasteiger partial charge on any atom is 0.336 e. The van der Waals surface area contributed by atoms with Gasteiger partial charge in [0.2, 0.25) is 5.91 Å². The summed E-state index contributed by atoms with van der Waals surface area (Å²) in [5.41, 5.74) is 0.818. The van der Waals surface area contributed by atoms with Gasteiger partial charge >= 0.3 is 5.97 Å². The van der Waals surface area contributed by atoms with Crippen LogP contribution in [0.25, 0.3) is 0 Å². The van der Waals surface area contributed by atoms with Gasteiger partial charge in [0.05, 0.1) is 26.7 Å². The minimum Gasteiger partial charge on any atom is -0.494 e. The van der Waals surface area contributed by atoms with Crippen molar-refractivity contribution in [3.8, 4) is 5.75 Å². The molecule has 0 saturated heterocycles. The van der Waals surface area contributed by atoms with Crippen molar-refractivity contribution in [2.24, 2.45) is 0 Å². The van der Waals surface area contributed by atoms with E-state index < -0.39 is 12.1 Å². The number of aliphatic hydroxyl groups excluding tert-OH is 1. The molecule has 1 unspecified atom stereocenters. The summed E-state index contributed by atoms with van der Waals surface area (Å²) in [5.74, 6) is -0.304. The van der Waals surface area contributed by atoms with E-state index in [0.717, 1.165) is 11.3 Å². The second-order valence-electron chi connectivity index (χ2n) is 4.10. The van der Waals surface area contributed by atoms with Gasteiger partial charge in [0.15, 0.2) is 6.10 Å². The van der Waals surface area contributed by atoms with E-state index in [1.807, 2.05) is 6.92 Å². The second kappa shape index (κ2) is 8.16. The van der Waals surface area contributed by atoms with Crippen molar-refractivity contribution < 1.29 is 24.2 Å². The molecule has 0 aromatic heterocycles.